The Balaban J connectivity index is 2.27. The fourth-order valence-corrected chi connectivity index (χ4v) is 2.47. The number of nitrogens with zero attached hydrogens (tertiary/aromatic N) is 1. The van der Waals surface area contributed by atoms with E-state index in [2.05, 4.69) is 4.98 Å². The van der Waals surface area contributed by atoms with E-state index in [1.54, 1.807) is 12.1 Å². The second kappa shape index (κ2) is 5.25. The molecule has 0 amide bonds. The number of benzene rings is 2. The average molecular weight is 278 g/mol. The van der Waals surface area contributed by atoms with Crippen LogP contribution in [-0.2, 0) is 0 Å². The van der Waals surface area contributed by atoms with Gasteiger partial charge in [0.2, 0.25) is 0 Å². The first-order valence-corrected chi connectivity index (χ1v) is 6.65. The third kappa shape index (κ3) is 2.43. The lowest BCUT2D eigenvalue weighted by atomic mass is 9.95. The van der Waals surface area contributed by atoms with E-state index >= 15 is 0 Å². The maximum Gasteiger partial charge on any atom is 0.277 e. The lowest BCUT2D eigenvalue weighted by Crippen LogP contribution is -1.93. The summed E-state index contributed by atoms with van der Waals surface area (Å²) < 4.78 is 0. The van der Waals surface area contributed by atoms with E-state index < -0.39 is 0 Å². The highest BCUT2D eigenvalue weighted by molar-refractivity contribution is 5.86. The van der Waals surface area contributed by atoms with Crippen LogP contribution in [0.2, 0.25) is 0 Å². The van der Waals surface area contributed by atoms with Crippen molar-refractivity contribution in [2.75, 3.05) is 0 Å². The minimum absolute atomic E-state index is 0.120. The van der Waals surface area contributed by atoms with Crippen LogP contribution in [-0.4, -0.2) is 9.91 Å². The largest absolute Gasteiger partial charge is 0.361 e. The first kappa shape index (κ1) is 13.1. The Kier molecular flexibility index (Phi) is 3.28. The van der Waals surface area contributed by atoms with Gasteiger partial charge in [-0.25, -0.2) is 0 Å². The quantitative estimate of drug-likeness (QED) is 0.563. The number of aromatic amines is 1. The molecule has 0 aliphatic carbocycles. The molecule has 1 aromatic heterocycles. The Morgan fingerprint density at radius 3 is 2.48 bits per heavy atom. The molecule has 0 atom stereocenters. The maximum atomic E-state index is 11.3. The molecule has 1 heterocycles. The summed E-state index contributed by atoms with van der Waals surface area (Å²) >= 11 is 0. The van der Waals surface area contributed by atoms with Gasteiger partial charge >= 0.3 is 0 Å². The van der Waals surface area contributed by atoms with Crippen molar-refractivity contribution in [3.8, 4) is 22.4 Å². The first-order valence-electron chi connectivity index (χ1n) is 6.65. The van der Waals surface area contributed by atoms with Crippen LogP contribution < -0.4 is 0 Å². The van der Waals surface area contributed by atoms with Gasteiger partial charge in [0.25, 0.3) is 5.69 Å². The minimum Gasteiger partial charge on any atom is -0.361 e. The molecule has 0 fully saturated rings. The van der Waals surface area contributed by atoms with E-state index in [0.29, 0.717) is 5.56 Å². The molecule has 1 N–H and O–H groups in total. The Morgan fingerprint density at radius 1 is 0.952 bits per heavy atom. The molecule has 4 nitrogen and oxygen atoms in total. The number of nitrogens with one attached hydrogen (secondary N) is 1. The zero-order valence-corrected chi connectivity index (χ0v) is 11.5. The molecule has 104 valence electrons. The molecule has 0 unspecified atom stereocenters. The van der Waals surface area contributed by atoms with E-state index in [9.17, 15) is 10.1 Å². The van der Waals surface area contributed by atoms with E-state index in [0.717, 1.165) is 22.4 Å². The molecule has 4 heteroatoms. The predicted molar refractivity (Wildman–Crippen MR) is 83.1 cm³/mol. The van der Waals surface area contributed by atoms with Gasteiger partial charge in [-0.2, -0.15) is 0 Å². The van der Waals surface area contributed by atoms with Gasteiger partial charge in [-0.15, -0.1) is 0 Å². The SMILES string of the molecule is Cc1ccc(-c2ccccc2[N+](=O)[O-])c(-c2ccc[nH]2)c1. The van der Waals surface area contributed by atoms with Crippen LogP contribution in [0.1, 0.15) is 5.56 Å². The summed E-state index contributed by atoms with van der Waals surface area (Å²) in [6, 6.07) is 16.7. The van der Waals surface area contributed by atoms with Gasteiger partial charge in [0.05, 0.1) is 10.5 Å². The molecule has 0 aliphatic heterocycles. The van der Waals surface area contributed by atoms with Crippen molar-refractivity contribution in [1.29, 1.82) is 0 Å². The molecular formula is C17H14N2O2. The number of nitro benzene ring substituents is 1. The summed E-state index contributed by atoms with van der Waals surface area (Å²) in [6.07, 6.45) is 1.85. The first-order chi connectivity index (χ1) is 10.2. The molecule has 21 heavy (non-hydrogen) atoms. The Morgan fingerprint density at radius 2 is 1.76 bits per heavy atom. The summed E-state index contributed by atoms with van der Waals surface area (Å²) in [6.45, 7) is 2.01. The molecule has 0 spiro atoms. The molecule has 0 saturated carbocycles. The van der Waals surface area contributed by atoms with Gasteiger partial charge in [-0.05, 0) is 36.8 Å². The third-order valence-electron chi connectivity index (χ3n) is 3.45. The van der Waals surface area contributed by atoms with Gasteiger partial charge in [0.15, 0.2) is 0 Å². The lowest BCUT2D eigenvalue weighted by molar-refractivity contribution is -0.384. The average Bonchev–Trinajstić information content (AvgIpc) is 3.01. The zero-order chi connectivity index (χ0) is 14.8. The summed E-state index contributed by atoms with van der Waals surface area (Å²) in [5, 5.41) is 11.3. The van der Waals surface area contributed by atoms with Crippen molar-refractivity contribution >= 4 is 5.69 Å². The number of aryl methyl sites for hydroxylation is 1. The number of nitro groups is 1. The fourth-order valence-electron chi connectivity index (χ4n) is 2.47. The highest BCUT2D eigenvalue weighted by atomic mass is 16.6. The van der Waals surface area contributed by atoms with E-state index in [-0.39, 0.29) is 10.6 Å². The maximum absolute atomic E-state index is 11.3. The lowest BCUT2D eigenvalue weighted by Gasteiger charge is -2.10. The van der Waals surface area contributed by atoms with Crippen LogP contribution in [0, 0.1) is 17.0 Å². The number of rotatable bonds is 3. The Hall–Kier alpha value is -2.88. The van der Waals surface area contributed by atoms with E-state index in [4.69, 9.17) is 0 Å². The fraction of sp³-hybridized carbons (Fsp3) is 0.0588. The molecule has 0 bridgehead atoms. The molecular weight excluding hydrogens is 264 g/mol. The van der Waals surface area contributed by atoms with Gasteiger partial charge < -0.3 is 4.98 Å². The summed E-state index contributed by atoms with van der Waals surface area (Å²) in [7, 11) is 0. The Bertz CT molecular complexity index is 792. The van der Waals surface area contributed by atoms with Crippen LogP contribution in [0.5, 0.6) is 0 Å². The Labute approximate surface area is 122 Å². The van der Waals surface area contributed by atoms with Crippen molar-refractivity contribution in [2.45, 2.75) is 6.92 Å². The molecule has 0 aliphatic rings. The van der Waals surface area contributed by atoms with Crippen molar-refractivity contribution in [3.05, 3.63) is 76.5 Å². The third-order valence-corrected chi connectivity index (χ3v) is 3.45. The summed E-state index contributed by atoms with van der Waals surface area (Å²) in [5.74, 6) is 0. The normalized spacial score (nSPS) is 10.5. The van der Waals surface area contributed by atoms with Gasteiger partial charge in [-0.1, -0.05) is 29.8 Å². The second-order valence-electron chi connectivity index (χ2n) is 4.91. The van der Waals surface area contributed by atoms with Crippen LogP contribution >= 0.6 is 0 Å². The number of hydrogen-bond acceptors (Lipinski definition) is 2. The van der Waals surface area contributed by atoms with Crippen molar-refractivity contribution in [1.82, 2.24) is 4.98 Å². The van der Waals surface area contributed by atoms with Crippen molar-refractivity contribution in [2.24, 2.45) is 0 Å². The van der Waals surface area contributed by atoms with Crippen LogP contribution in [0.25, 0.3) is 22.4 Å². The number of aromatic nitrogens is 1. The van der Waals surface area contributed by atoms with E-state index in [1.807, 2.05) is 49.5 Å². The smallest absolute Gasteiger partial charge is 0.277 e. The summed E-state index contributed by atoms with van der Waals surface area (Å²) in [5.41, 5.74) is 4.64. The molecule has 2 aromatic carbocycles. The number of para-hydroxylation sites is 1. The van der Waals surface area contributed by atoms with Crippen LogP contribution in [0.15, 0.2) is 60.8 Å². The van der Waals surface area contributed by atoms with Gasteiger partial charge in [-0.3, -0.25) is 10.1 Å². The minimum atomic E-state index is -0.340. The predicted octanol–water partition coefficient (Wildman–Crippen LogP) is 4.57. The van der Waals surface area contributed by atoms with Crippen LogP contribution in [0.4, 0.5) is 5.69 Å². The molecule has 0 saturated heterocycles. The van der Waals surface area contributed by atoms with E-state index in [1.165, 1.54) is 6.07 Å². The standard InChI is InChI=1S/C17H14N2O2/c1-12-8-9-13(15(11-12)16-6-4-10-18-16)14-5-2-3-7-17(14)19(20)21/h2-11,18H,1H3. The highest BCUT2D eigenvalue weighted by Crippen LogP contribution is 2.36. The molecule has 0 radical (unpaired) electrons. The number of hydrogen-bond donors (Lipinski definition) is 1. The second-order valence-corrected chi connectivity index (χ2v) is 4.91. The number of H-pyrrole nitrogens is 1. The van der Waals surface area contributed by atoms with Gasteiger partial charge in [0, 0.05) is 23.5 Å². The monoisotopic (exact) mass is 278 g/mol. The molecule has 3 aromatic rings. The topological polar surface area (TPSA) is 58.9 Å². The molecule has 3 rings (SSSR count). The van der Waals surface area contributed by atoms with Crippen molar-refractivity contribution in [3.63, 3.8) is 0 Å². The van der Waals surface area contributed by atoms with Gasteiger partial charge in [0.1, 0.15) is 0 Å². The highest BCUT2D eigenvalue weighted by Gasteiger charge is 2.17. The van der Waals surface area contributed by atoms with Crippen molar-refractivity contribution < 1.29 is 4.92 Å². The summed E-state index contributed by atoms with van der Waals surface area (Å²) in [4.78, 5) is 14.1. The zero-order valence-electron chi connectivity index (χ0n) is 11.5. The van der Waals surface area contributed by atoms with Crippen LogP contribution in [0.3, 0.4) is 0 Å².